The number of carbonyl (C=O) groups excluding carboxylic acids is 1. The van der Waals surface area contributed by atoms with Crippen LogP contribution in [0.5, 0.6) is 0 Å². The molecule has 0 bridgehead atoms. The maximum Gasteiger partial charge on any atom is 0.255 e. The van der Waals surface area contributed by atoms with Crippen LogP contribution in [0.25, 0.3) is 0 Å². The van der Waals surface area contributed by atoms with Gasteiger partial charge in [-0.05, 0) is 58.5 Å². The van der Waals surface area contributed by atoms with Crippen molar-refractivity contribution in [2.45, 2.75) is 5.88 Å². The van der Waals surface area contributed by atoms with Gasteiger partial charge in [-0.1, -0.05) is 23.7 Å². The second-order valence-electron chi connectivity index (χ2n) is 3.91. The van der Waals surface area contributed by atoms with Crippen molar-refractivity contribution in [2.24, 2.45) is 0 Å². The summed E-state index contributed by atoms with van der Waals surface area (Å²) in [5.41, 5.74) is 2.25. The molecule has 0 saturated heterocycles. The molecule has 1 amide bonds. The third kappa shape index (κ3) is 3.84. The van der Waals surface area contributed by atoms with E-state index in [1.54, 1.807) is 30.3 Å². The molecule has 2 aromatic rings. The van der Waals surface area contributed by atoms with Gasteiger partial charge in [-0.15, -0.1) is 11.6 Å². The van der Waals surface area contributed by atoms with E-state index in [-0.39, 0.29) is 5.91 Å². The van der Waals surface area contributed by atoms with E-state index in [2.05, 4.69) is 27.9 Å². The number of hydrogen-bond acceptors (Lipinski definition) is 1. The second kappa shape index (κ2) is 6.59. The van der Waals surface area contributed by atoms with Gasteiger partial charge in [-0.25, -0.2) is 0 Å². The molecule has 0 unspecified atom stereocenters. The lowest BCUT2D eigenvalue weighted by Crippen LogP contribution is -2.12. The molecule has 0 radical (unpaired) electrons. The summed E-state index contributed by atoms with van der Waals surface area (Å²) in [6, 6.07) is 12.6. The van der Waals surface area contributed by atoms with Crippen LogP contribution in [0.3, 0.4) is 0 Å². The van der Waals surface area contributed by atoms with Crippen molar-refractivity contribution in [3.8, 4) is 0 Å². The van der Waals surface area contributed by atoms with Crippen LogP contribution in [0, 0.1) is 3.57 Å². The van der Waals surface area contributed by atoms with Crippen molar-refractivity contribution >= 4 is 57.4 Å². The summed E-state index contributed by atoms with van der Waals surface area (Å²) in [7, 11) is 0. The van der Waals surface area contributed by atoms with Crippen molar-refractivity contribution in [1.82, 2.24) is 0 Å². The monoisotopic (exact) mass is 405 g/mol. The van der Waals surface area contributed by atoms with Gasteiger partial charge in [0.05, 0.1) is 5.69 Å². The van der Waals surface area contributed by atoms with Gasteiger partial charge in [0.2, 0.25) is 0 Å². The molecular weight excluding hydrogens is 396 g/mol. The number of amides is 1. The van der Waals surface area contributed by atoms with Gasteiger partial charge < -0.3 is 5.32 Å². The zero-order chi connectivity index (χ0) is 13.8. The molecule has 1 N–H and O–H groups in total. The molecule has 0 heterocycles. The number of halogens is 3. The quantitative estimate of drug-likeness (QED) is 0.568. The molecule has 2 nitrogen and oxygen atoms in total. The Bertz CT molecular complexity index is 616. The molecule has 0 saturated carbocycles. The maximum atomic E-state index is 12.1. The van der Waals surface area contributed by atoms with E-state index in [1.165, 1.54) is 0 Å². The first-order chi connectivity index (χ1) is 9.10. The zero-order valence-corrected chi connectivity index (χ0v) is 13.5. The predicted octanol–water partition coefficient (Wildman–Crippen LogP) is 4.94. The predicted molar refractivity (Wildman–Crippen MR) is 88.1 cm³/mol. The van der Waals surface area contributed by atoms with Crippen LogP contribution in [0.15, 0.2) is 42.5 Å². The lowest BCUT2D eigenvalue weighted by Gasteiger charge is -2.08. The van der Waals surface area contributed by atoms with Crippen molar-refractivity contribution in [3.05, 3.63) is 62.2 Å². The Balaban J connectivity index is 2.20. The fraction of sp³-hybridized carbons (Fsp3) is 0.0714. The molecule has 98 valence electrons. The van der Waals surface area contributed by atoms with Gasteiger partial charge in [-0.3, -0.25) is 4.79 Å². The molecule has 0 spiro atoms. The third-order valence-electron chi connectivity index (χ3n) is 2.52. The number of benzene rings is 2. The molecule has 2 rings (SSSR count). The largest absolute Gasteiger partial charge is 0.321 e. The number of alkyl halides is 1. The normalized spacial score (nSPS) is 10.3. The van der Waals surface area contributed by atoms with Crippen LogP contribution in [0.1, 0.15) is 15.9 Å². The SMILES string of the molecule is O=C(Nc1ccc(Cl)cc1I)c1cccc(CCl)c1. The minimum Gasteiger partial charge on any atom is -0.321 e. The lowest BCUT2D eigenvalue weighted by molar-refractivity contribution is 0.102. The highest BCUT2D eigenvalue weighted by molar-refractivity contribution is 14.1. The van der Waals surface area contributed by atoms with Crippen molar-refractivity contribution in [1.29, 1.82) is 0 Å². The number of nitrogens with one attached hydrogen (secondary N) is 1. The highest BCUT2D eigenvalue weighted by Gasteiger charge is 2.09. The van der Waals surface area contributed by atoms with Crippen LogP contribution >= 0.6 is 45.8 Å². The Labute approximate surface area is 135 Å². The second-order valence-corrected chi connectivity index (χ2v) is 5.78. The van der Waals surface area contributed by atoms with Gasteiger partial charge in [0, 0.05) is 20.0 Å². The van der Waals surface area contributed by atoms with Crippen LogP contribution in [0.2, 0.25) is 5.02 Å². The smallest absolute Gasteiger partial charge is 0.255 e. The van der Waals surface area contributed by atoms with E-state index < -0.39 is 0 Å². The van der Waals surface area contributed by atoms with Gasteiger partial charge in [-0.2, -0.15) is 0 Å². The number of hydrogen-bond donors (Lipinski definition) is 1. The summed E-state index contributed by atoms with van der Waals surface area (Å²) in [5, 5.41) is 3.50. The van der Waals surface area contributed by atoms with E-state index in [0.717, 1.165) is 14.8 Å². The van der Waals surface area contributed by atoms with Gasteiger partial charge in [0.15, 0.2) is 0 Å². The molecule has 0 atom stereocenters. The number of rotatable bonds is 3. The average Bonchev–Trinajstić information content (AvgIpc) is 2.42. The number of carbonyl (C=O) groups is 1. The Hall–Kier alpha value is -0.780. The van der Waals surface area contributed by atoms with Gasteiger partial charge in [0.1, 0.15) is 0 Å². The highest BCUT2D eigenvalue weighted by Crippen LogP contribution is 2.23. The van der Waals surface area contributed by atoms with Crippen LogP contribution < -0.4 is 5.32 Å². The van der Waals surface area contributed by atoms with Crippen LogP contribution in [0.4, 0.5) is 5.69 Å². The molecule has 0 aliphatic heterocycles. The van der Waals surface area contributed by atoms with E-state index in [4.69, 9.17) is 23.2 Å². The van der Waals surface area contributed by atoms with Crippen molar-refractivity contribution < 1.29 is 4.79 Å². The molecule has 0 fully saturated rings. The molecule has 0 aromatic heterocycles. The maximum absolute atomic E-state index is 12.1. The average molecular weight is 406 g/mol. The summed E-state index contributed by atoms with van der Waals surface area (Å²) in [4.78, 5) is 12.1. The molecule has 0 aliphatic rings. The fourth-order valence-electron chi connectivity index (χ4n) is 1.58. The number of anilines is 1. The van der Waals surface area contributed by atoms with Crippen molar-refractivity contribution in [3.63, 3.8) is 0 Å². The lowest BCUT2D eigenvalue weighted by atomic mass is 10.1. The molecule has 0 aliphatic carbocycles. The Morgan fingerprint density at radius 3 is 2.68 bits per heavy atom. The third-order valence-corrected chi connectivity index (χ3v) is 3.96. The van der Waals surface area contributed by atoms with Gasteiger partial charge in [0.25, 0.3) is 5.91 Å². The fourth-order valence-corrected chi connectivity index (χ4v) is 2.75. The zero-order valence-electron chi connectivity index (χ0n) is 9.79. The van der Waals surface area contributed by atoms with Crippen LogP contribution in [-0.2, 0) is 5.88 Å². The summed E-state index contributed by atoms with van der Waals surface area (Å²) >= 11 is 13.8. The summed E-state index contributed by atoms with van der Waals surface area (Å²) in [5.74, 6) is 0.228. The van der Waals surface area contributed by atoms with Crippen molar-refractivity contribution in [2.75, 3.05) is 5.32 Å². The van der Waals surface area contributed by atoms with Gasteiger partial charge >= 0.3 is 0 Å². The minimum atomic E-state index is -0.160. The first-order valence-corrected chi connectivity index (χ1v) is 7.50. The molecule has 5 heteroatoms. The van der Waals surface area contributed by atoms with E-state index in [9.17, 15) is 4.79 Å². The molecule has 2 aromatic carbocycles. The Morgan fingerprint density at radius 1 is 1.21 bits per heavy atom. The Kier molecular flexibility index (Phi) is 5.07. The van der Waals surface area contributed by atoms with E-state index in [0.29, 0.717) is 16.5 Å². The first-order valence-electron chi connectivity index (χ1n) is 5.51. The summed E-state index contributed by atoms with van der Waals surface area (Å²) in [6.07, 6.45) is 0. The minimum absolute atomic E-state index is 0.160. The van der Waals surface area contributed by atoms with Crippen LogP contribution in [-0.4, -0.2) is 5.91 Å². The molecular formula is C14H10Cl2INO. The Morgan fingerprint density at radius 2 is 2.00 bits per heavy atom. The molecule has 19 heavy (non-hydrogen) atoms. The summed E-state index contributed by atoms with van der Waals surface area (Å²) in [6.45, 7) is 0. The summed E-state index contributed by atoms with van der Waals surface area (Å²) < 4.78 is 0.895. The standard InChI is InChI=1S/C14H10Cl2INO/c15-8-9-2-1-3-10(6-9)14(19)18-13-5-4-11(16)7-12(13)17/h1-7H,8H2,(H,18,19). The first kappa shape index (κ1) is 14.6. The highest BCUT2D eigenvalue weighted by atomic mass is 127. The topological polar surface area (TPSA) is 29.1 Å². The van der Waals surface area contributed by atoms with E-state index in [1.807, 2.05) is 12.1 Å². The van der Waals surface area contributed by atoms with E-state index >= 15 is 0 Å².